The Kier molecular flexibility index (Phi) is 3.05. The molecule has 0 saturated carbocycles. The van der Waals surface area contributed by atoms with Crippen molar-refractivity contribution in [3.63, 3.8) is 0 Å². The van der Waals surface area contributed by atoms with E-state index in [1.807, 2.05) is 24.3 Å². The van der Waals surface area contributed by atoms with Gasteiger partial charge < -0.3 is 10.1 Å². The number of aliphatic imine (C=N–C) groups is 1. The number of carbonyl (C=O) groups is 1. The molecule has 1 aromatic heterocycles. The Morgan fingerprint density at radius 3 is 2.40 bits per heavy atom. The number of aromatic amines is 1. The van der Waals surface area contributed by atoms with E-state index in [0.29, 0.717) is 16.6 Å². The SMILES string of the molecule is O=C(N=Cc1[nH]c(O)c2ccccc12)c1ccccc1. The Morgan fingerprint density at radius 2 is 1.65 bits per heavy atom. The largest absolute Gasteiger partial charge is 0.494 e. The number of fused-ring (bicyclic) bond motifs is 1. The van der Waals surface area contributed by atoms with E-state index in [9.17, 15) is 9.90 Å². The highest BCUT2D eigenvalue weighted by molar-refractivity contribution is 6.07. The van der Waals surface area contributed by atoms with E-state index in [-0.39, 0.29) is 11.8 Å². The van der Waals surface area contributed by atoms with Crippen LogP contribution in [0, 0.1) is 0 Å². The van der Waals surface area contributed by atoms with Crippen LogP contribution >= 0.6 is 0 Å². The number of benzene rings is 2. The number of aromatic hydroxyl groups is 1. The van der Waals surface area contributed by atoms with Gasteiger partial charge in [0.05, 0.1) is 11.9 Å². The van der Waals surface area contributed by atoms with Crippen molar-refractivity contribution in [1.29, 1.82) is 0 Å². The second-order valence-corrected chi connectivity index (χ2v) is 4.36. The molecule has 0 aliphatic rings. The molecule has 1 amide bonds. The van der Waals surface area contributed by atoms with Gasteiger partial charge in [-0.1, -0.05) is 36.4 Å². The lowest BCUT2D eigenvalue weighted by atomic mass is 10.2. The number of rotatable bonds is 2. The quantitative estimate of drug-likeness (QED) is 0.698. The molecule has 0 unspecified atom stereocenters. The summed E-state index contributed by atoms with van der Waals surface area (Å²) < 4.78 is 0. The summed E-state index contributed by atoms with van der Waals surface area (Å²) in [6.07, 6.45) is 1.44. The average Bonchev–Trinajstić information content (AvgIpc) is 2.83. The van der Waals surface area contributed by atoms with Crippen LogP contribution in [0.1, 0.15) is 16.1 Å². The number of H-pyrrole nitrogens is 1. The third-order valence-corrected chi connectivity index (χ3v) is 3.06. The fraction of sp³-hybridized carbons (Fsp3) is 0. The maximum absolute atomic E-state index is 11.9. The zero-order valence-corrected chi connectivity index (χ0v) is 10.6. The van der Waals surface area contributed by atoms with Gasteiger partial charge in [-0.3, -0.25) is 4.79 Å². The van der Waals surface area contributed by atoms with E-state index in [0.717, 1.165) is 5.39 Å². The van der Waals surface area contributed by atoms with E-state index < -0.39 is 0 Å². The molecule has 4 heteroatoms. The van der Waals surface area contributed by atoms with Crippen molar-refractivity contribution in [3.05, 3.63) is 65.9 Å². The van der Waals surface area contributed by atoms with Crippen molar-refractivity contribution in [3.8, 4) is 5.88 Å². The summed E-state index contributed by atoms with van der Waals surface area (Å²) >= 11 is 0. The molecule has 0 fully saturated rings. The van der Waals surface area contributed by atoms with Crippen LogP contribution in [0.5, 0.6) is 5.88 Å². The zero-order chi connectivity index (χ0) is 13.9. The molecule has 3 aromatic rings. The average molecular weight is 264 g/mol. The van der Waals surface area contributed by atoms with Crippen LogP contribution in [-0.4, -0.2) is 22.2 Å². The molecule has 20 heavy (non-hydrogen) atoms. The Morgan fingerprint density at radius 1 is 1.00 bits per heavy atom. The maximum Gasteiger partial charge on any atom is 0.277 e. The molecule has 0 saturated heterocycles. The van der Waals surface area contributed by atoms with Gasteiger partial charge in [-0.15, -0.1) is 0 Å². The number of carbonyl (C=O) groups excluding carboxylic acids is 1. The fourth-order valence-electron chi connectivity index (χ4n) is 2.07. The molecule has 3 rings (SSSR count). The van der Waals surface area contributed by atoms with Gasteiger partial charge in [0.1, 0.15) is 0 Å². The van der Waals surface area contributed by atoms with Crippen molar-refractivity contribution in [2.75, 3.05) is 0 Å². The lowest BCUT2D eigenvalue weighted by molar-refractivity contribution is 0.100. The van der Waals surface area contributed by atoms with Crippen LogP contribution in [0.3, 0.4) is 0 Å². The minimum absolute atomic E-state index is 0.0780. The molecule has 1 heterocycles. The van der Waals surface area contributed by atoms with E-state index >= 15 is 0 Å². The molecular formula is C16H12N2O2. The lowest BCUT2D eigenvalue weighted by Crippen LogP contribution is -1.95. The minimum atomic E-state index is -0.316. The predicted molar refractivity (Wildman–Crippen MR) is 78.3 cm³/mol. The molecule has 98 valence electrons. The third kappa shape index (κ3) is 2.19. The van der Waals surface area contributed by atoms with E-state index in [1.165, 1.54) is 6.21 Å². The molecular weight excluding hydrogens is 252 g/mol. The summed E-state index contributed by atoms with van der Waals surface area (Å²) in [5.74, 6) is -0.238. The number of hydrogen-bond acceptors (Lipinski definition) is 2. The Balaban J connectivity index is 1.94. The summed E-state index contributed by atoms with van der Waals surface area (Å²) in [6, 6.07) is 16.2. The second kappa shape index (κ2) is 5.01. The summed E-state index contributed by atoms with van der Waals surface area (Å²) in [4.78, 5) is 18.6. The first kappa shape index (κ1) is 12.2. The normalized spacial score (nSPS) is 11.2. The van der Waals surface area contributed by atoms with Crippen LogP contribution < -0.4 is 0 Å². The number of nitrogens with zero attached hydrogens (tertiary/aromatic N) is 1. The smallest absolute Gasteiger partial charge is 0.277 e. The fourth-order valence-corrected chi connectivity index (χ4v) is 2.07. The number of hydrogen-bond donors (Lipinski definition) is 2. The molecule has 0 radical (unpaired) electrons. The first-order valence-corrected chi connectivity index (χ1v) is 6.19. The molecule has 2 aromatic carbocycles. The van der Waals surface area contributed by atoms with Crippen LogP contribution in [0.2, 0.25) is 0 Å². The Hall–Kier alpha value is -2.88. The van der Waals surface area contributed by atoms with Crippen LogP contribution in [0.25, 0.3) is 10.8 Å². The van der Waals surface area contributed by atoms with Gasteiger partial charge in [0.15, 0.2) is 5.88 Å². The Labute approximate surface area is 115 Å². The monoisotopic (exact) mass is 264 g/mol. The van der Waals surface area contributed by atoms with Crippen molar-refractivity contribution in [2.45, 2.75) is 0 Å². The lowest BCUT2D eigenvalue weighted by Gasteiger charge is -1.93. The van der Waals surface area contributed by atoms with Gasteiger partial charge >= 0.3 is 0 Å². The molecule has 0 spiro atoms. The van der Waals surface area contributed by atoms with Crippen molar-refractivity contribution in [2.24, 2.45) is 4.99 Å². The highest BCUT2D eigenvalue weighted by atomic mass is 16.3. The van der Waals surface area contributed by atoms with Crippen molar-refractivity contribution in [1.82, 2.24) is 4.98 Å². The van der Waals surface area contributed by atoms with E-state index in [1.54, 1.807) is 30.3 Å². The summed E-state index contributed by atoms with van der Waals surface area (Å²) in [7, 11) is 0. The van der Waals surface area contributed by atoms with Gasteiger partial charge in [-0.25, -0.2) is 4.99 Å². The van der Waals surface area contributed by atoms with Gasteiger partial charge in [0.25, 0.3) is 5.91 Å². The van der Waals surface area contributed by atoms with Gasteiger partial charge in [-0.2, -0.15) is 0 Å². The van der Waals surface area contributed by atoms with Crippen molar-refractivity contribution >= 4 is 22.9 Å². The third-order valence-electron chi connectivity index (χ3n) is 3.06. The highest BCUT2D eigenvalue weighted by Crippen LogP contribution is 2.26. The summed E-state index contributed by atoms with van der Waals surface area (Å²) in [5.41, 5.74) is 1.14. The van der Waals surface area contributed by atoms with Crippen molar-refractivity contribution < 1.29 is 9.90 Å². The van der Waals surface area contributed by atoms with Crippen LogP contribution in [-0.2, 0) is 0 Å². The molecule has 2 N–H and O–H groups in total. The second-order valence-electron chi connectivity index (χ2n) is 4.36. The van der Waals surface area contributed by atoms with Gasteiger partial charge in [-0.05, 0) is 18.2 Å². The zero-order valence-electron chi connectivity index (χ0n) is 10.6. The Bertz CT molecular complexity index is 789. The summed E-state index contributed by atoms with van der Waals surface area (Å²) in [6.45, 7) is 0. The predicted octanol–water partition coefficient (Wildman–Crippen LogP) is 3.13. The highest BCUT2D eigenvalue weighted by Gasteiger charge is 2.07. The topological polar surface area (TPSA) is 65.5 Å². The first-order valence-electron chi connectivity index (χ1n) is 6.19. The van der Waals surface area contributed by atoms with E-state index in [2.05, 4.69) is 9.98 Å². The van der Waals surface area contributed by atoms with Gasteiger partial charge in [0, 0.05) is 16.3 Å². The molecule has 4 nitrogen and oxygen atoms in total. The number of aromatic nitrogens is 1. The van der Waals surface area contributed by atoms with Gasteiger partial charge in [0.2, 0.25) is 0 Å². The molecule has 0 aliphatic heterocycles. The number of amides is 1. The van der Waals surface area contributed by atoms with Crippen LogP contribution in [0.4, 0.5) is 0 Å². The molecule has 0 aliphatic carbocycles. The molecule has 0 atom stereocenters. The summed E-state index contributed by atoms with van der Waals surface area (Å²) in [5, 5.41) is 11.3. The molecule has 0 bridgehead atoms. The van der Waals surface area contributed by atoms with E-state index in [4.69, 9.17) is 0 Å². The standard InChI is InChI=1S/C16H12N2O2/c19-15(11-6-2-1-3-7-11)17-10-14-12-8-4-5-9-13(12)16(20)18-14/h1-10,18,20H. The number of nitrogens with one attached hydrogen (secondary N) is 1. The minimum Gasteiger partial charge on any atom is -0.494 e. The van der Waals surface area contributed by atoms with Crippen LogP contribution in [0.15, 0.2) is 59.6 Å². The first-order chi connectivity index (χ1) is 9.75. The maximum atomic E-state index is 11.9.